The Kier molecular flexibility index (Phi) is 8.67. The predicted molar refractivity (Wildman–Crippen MR) is 145 cm³/mol. The van der Waals surface area contributed by atoms with Crippen LogP contribution in [0.3, 0.4) is 0 Å². The lowest BCUT2D eigenvalue weighted by Gasteiger charge is -2.36. The summed E-state index contributed by atoms with van der Waals surface area (Å²) in [5.74, 6) is -0.305. The fourth-order valence-electron chi connectivity index (χ4n) is 4.36. The number of carbonyl (C=O) groups is 3. The first kappa shape index (κ1) is 28.2. The third-order valence-corrected chi connectivity index (χ3v) is 6.09. The highest BCUT2D eigenvalue weighted by Crippen LogP contribution is 2.41. The van der Waals surface area contributed by atoms with Crippen LogP contribution in [0.4, 0.5) is 4.79 Å². The number of benzene rings is 2. The van der Waals surface area contributed by atoms with E-state index in [1.807, 2.05) is 81.4 Å². The van der Waals surface area contributed by atoms with Gasteiger partial charge in [0.25, 0.3) is 0 Å². The molecule has 2 aromatic carbocycles. The van der Waals surface area contributed by atoms with Crippen LogP contribution in [0.25, 0.3) is 0 Å². The Morgan fingerprint density at radius 1 is 0.946 bits per heavy atom. The molecule has 0 saturated heterocycles. The van der Waals surface area contributed by atoms with Crippen molar-refractivity contribution in [3.63, 3.8) is 0 Å². The molecule has 0 aliphatic heterocycles. The lowest BCUT2D eigenvalue weighted by atomic mass is 9.98. The maximum absolute atomic E-state index is 14.3. The van der Waals surface area contributed by atoms with Crippen LogP contribution in [0.2, 0.25) is 0 Å². The Morgan fingerprint density at radius 2 is 1.49 bits per heavy atom. The third-order valence-electron chi connectivity index (χ3n) is 6.09. The number of rotatable bonds is 8. The normalized spacial score (nSPS) is 18.8. The number of alkyl carbamates (subject to hydrolysis) is 1. The van der Waals surface area contributed by atoms with Crippen molar-refractivity contribution in [1.29, 1.82) is 0 Å². The summed E-state index contributed by atoms with van der Waals surface area (Å²) >= 11 is 0. The summed E-state index contributed by atoms with van der Waals surface area (Å²) < 4.78 is 5.49. The van der Waals surface area contributed by atoms with Crippen LogP contribution in [-0.4, -0.2) is 46.0 Å². The minimum absolute atomic E-state index is 0.109. The molecule has 3 rings (SSSR count). The quantitative estimate of drug-likeness (QED) is 0.526. The zero-order valence-corrected chi connectivity index (χ0v) is 23.1. The summed E-state index contributed by atoms with van der Waals surface area (Å²) in [6.07, 6.45) is 0.405. The summed E-state index contributed by atoms with van der Waals surface area (Å²) in [4.78, 5) is 42.6. The van der Waals surface area contributed by atoms with Crippen LogP contribution in [0.15, 0.2) is 60.7 Å². The fraction of sp³-hybridized carbons (Fsp3) is 0.500. The maximum Gasteiger partial charge on any atom is 0.408 e. The largest absolute Gasteiger partial charge is 0.444 e. The molecule has 2 N–H and O–H groups in total. The summed E-state index contributed by atoms with van der Waals surface area (Å²) in [7, 11) is 0. The topological polar surface area (TPSA) is 87.7 Å². The van der Waals surface area contributed by atoms with Gasteiger partial charge in [0.05, 0.1) is 0 Å². The van der Waals surface area contributed by atoms with Crippen LogP contribution in [0, 0.1) is 5.92 Å². The molecule has 0 bridgehead atoms. The second-order valence-corrected chi connectivity index (χ2v) is 12.0. The van der Waals surface area contributed by atoms with Gasteiger partial charge in [-0.1, -0.05) is 67.6 Å². The SMILES string of the molecule is CC1CC1N(C(=O)C(Cc1ccccc1)NC(=O)OC(C)(C)C)C(C(=O)NC(C)(C)C)c1ccccc1. The number of hydrogen-bond acceptors (Lipinski definition) is 4. The highest BCUT2D eigenvalue weighted by Gasteiger charge is 2.48. The van der Waals surface area contributed by atoms with Crippen LogP contribution in [0.1, 0.15) is 72.1 Å². The molecule has 2 aromatic rings. The van der Waals surface area contributed by atoms with E-state index in [1.165, 1.54) is 0 Å². The zero-order valence-electron chi connectivity index (χ0n) is 23.1. The molecule has 1 saturated carbocycles. The Balaban J connectivity index is 2.02. The standard InChI is InChI=1S/C30H41N3O4/c1-20-18-24(20)33(25(22-16-12-9-13-17-22)26(34)32-29(2,3)4)27(35)23(19-21-14-10-8-11-15-21)31-28(36)37-30(5,6)7/h8-17,20,23-25H,18-19H2,1-7H3,(H,31,36)(H,32,34). The van der Waals surface area contributed by atoms with Gasteiger partial charge in [0, 0.05) is 18.0 Å². The molecule has 1 aliphatic carbocycles. The minimum atomic E-state index is -0.904. The molecule has 7 nitrogen and oxygen atoms in total. The van der Waals surface area contributed by atoms with Crippen molar-refractivity contribution in [3.05, 3.63) is 71.8 Å². The Labute approximate surface area is 221 Å². The molecule has 0 spiro atoms. The first-order valence-electron chi connectivity index (χ1n) is 13.0. The van der Waals surface area contributed by atoms with E-state index < -0.39 is 29.3 Å². The van der Waals surface area contributed by atoms with E-state index in [-0.39, 0.29) is 30.2 Å². The fourth-order valence-corrected chi connectivity index (χ4v) is 4.36. The van der Waals surface area contributed by atoms with Gasteiger partial charge in [-0.25, -0.2) is 4.79 Å². The van der Waals surface area contributed by atoms with Gasteiger partial charge in [0.2, 0.25) is 11.8 Å². The van der Waals surface area contributed by atoms with E-state index in [1.54, 1.807) is 25.7 Å². The summed E-state index contributed by atoms with van der Waals surface area (Å²) in [6, 6.07) is 17.0. The third kappa shape index (κ3) is 8.34. The van der Waals surface area contributed by atoms with Crippen LogP contribution >= 0.6 is 0 Å². The van der Waals surface area contributed by atoms with Crippen molar-refractivity contribution in [2.45, 2.75) is 90.6 Å². The predicted octanol–water partition coefficient (Wildman–Crippen LogP) is 5.02. The molecule has 0 aromatic heterocycles. The average Bonchev–Trinajstić information content (AvgIpc) is 3.51. The minimum Gasteiger partial charge on any atom is -0.444 e. The van der Waals surface area contributed by atoms with Gasteiger partial charge in [-0.2, -0.15) is 0 Å². The van der Waals surface area contributed by atoms with Crippen molar-refractivity contribution < 1.29 is 19.1 Å². The Bertz CT molecular complexity index is 1070. The maximum atomic E-state index is 14.3. The zero-order chi connectivity index (χ0) is 27.4. The molecule has 1 aliphatic rings. The van der Waals surface area contributed by atoms with E-state index >= 15 is 0 Å². The molecule has 0 heterocycles. The molecule has 7 heteroatoms. The van der Waals surface area contributed by atoms with Crippen molar-refractivity contribution in [3.8, 4) is 0 Å². The number of amides is 3. The summed E-state index contributed by atoms with van der Waals surface area (Å²) in [5, 5.41) is 5.88. The number of nitrogens with one attached hydrogen (secondary N) is 2. The van der Waals surface area contributed by atoms with Crippen molar-refractivity contribution >= 4 is 17.9 Å². The average molecular weight is 508 g/mol. The van der Waals surface area contributed by atoms with E-state index in [2.05, 4.69) is 17.6 Å². The monoisotopic (exact) mass is 507 g/mol. The van der Waals surface area contributed by atoms with Gasteiger partial charge in [-0.3, -0.25) is 9.59 Å². The second-order valence-electron chi connectivity index (χ2n) is 12.0. The number of hydrogen-bond donors (Lipinski definition) is 2. The van der Waals surface area contributed by atoms with Gasteiger partial charge < -0.3 is 20.3 Å². The molecule has 1 fully saturated rings. The van der Waals surface area contributed by atoms with E-state index in [0.717, 1.165) is 17.5 Å². The smallest absolute Gasteiger partial charge is 0.408 e. The Hall–Kier alpha value is -3.35. The van der Waals surface area contributed by atoms with Gasteiger partial charge in [-0.05, 0) is 65.0 Å². The van der Waals surface area contributed by atoms with Gasteiger partial charge >= 0.3 is 6.09 Å². The molecular formula is C30H41N3O4. The summed E-state index contributed by atoms with van der Waals surface area (Å²) in [6.45, 7) is 13.2. The van der Waals surface area contributed by atoms with Crippen LogP contribution < -0.4 is 10.6 Å². The number of nitrogens with zero attached hydrogens (tertiary/aromatic N) is 1. The van der Waals surface area contributed by atoms with Crippen molar-refractivity contribution in [2.24, 2.45) is 5.92 Å². The molecule has 37 heavy (non-hydrogen) atoms. The Morgan fingerprint density at radius 3 is 1.97 bits per heavy atom. The molecule has 4 unspecified atom stereocenters. The number of ether oxygens (including phenoxy) is 1. The van der Waals surface area contributed by atoms with Gasteiger partial charge in [0.15, 0.2) is 0 Å². The highest BCUT2D eigenvalue weighted by molar-refractivity contribution is 5.93. The number of carbonyl (C=O) groups excluding carboxylic acids is 3. The van der Waals surface area contributed by atoms with Gasteiger partial charge in [0.1, 0.15) is 17.7 Å². The lowest BCUT2D eigenvalue weighted by molar-refractivity contribution is -0.144. The highest BCUT2D eigenvalue weighted by atomic mass is 16.6. The van der Waals surface area contributed by atoms with E-state index in [0.29, 0.717) is 0 Å². The molecule has 200 valence electrons. The van der Waals surface area contributed by atoms with Crippen LogP contribution in [0.5, 0.6) is 0 Å². The lowest BCUT2D eigenvalue weighted by Crippen LogP contribution is -2.56. The van der Waals surface area contributed by atoms with Crippen molar-refractivity contribution in [2.75, 3.05) is 0 Å². The molecule has 4 atom stereocenters. The van der Waals surface area contributed by atoms with Gasteiger partial charge in [-0.15, -0.1) is 0 Å². The van der Waals surface area contributed by atoms with Crippen molar-refractivity contribution in [1.82, 2.24) is 15.5 Å². The van der Waals surface area contributed by atoms with E-state index in [9.17, 15) is 14.4 Å². The molecular weight excluding hydrogens is 466 g/mol. The second kappa shape index (κ2) is 11.4. The first-order valence-corrected chi connectivity index (χ1v) is 13.0. The molecule has 0 radical (unpaired) electrons. The van der Waals surface area contributed by atoms with E-state index in [4.69, 9.17) is 4.74 Å². The van der Waals surface area contributed by atoms with Crippen LogP contribution in [-0.2, 0) is 20.7 Å². The summed E-state index contributed by atoms with van der Waals surface area (Å²) in [5.41, 5.74) is 0.434. The molecule has 3 amide bonds. The first-order chi connectivity index (χ1) is 17.2.